The quantitative estimate of drug-likeness (QED) is 0.856. The molecule has 0 fully saturated rings. The smallest absolute Gasteiger partial charge is 0.294 e. The molecule has 1 aromatic carbocycles. The van der Waals surface area contributed by atoms with Gasteiger partial charge in [-0.25, -0.2) is 0 Å². The molecule has 110 valence electrons. The van der Waals surface area contributed by atoms with E-state index in [0.717, 1.165) is 0 Å². The summed E-state index contributed by atoms with van der Waals surface area (Å²) in [7, 11) is 0. The van der Waals surface area contributed by atoms with Gasteiger partial charge < -0.3 is 25.3 Å². The van der Waals surface area contributed by atoms with Crippen LogP contribution in [0.25, 0.3) is 0 Å². The molecular weight excluding hydrogens is 284 g/mol. The van der Waals surface area contributed by atoms with Crippen molar-refractivity contribution < 1.29 is 19.0 Å². The van der Waals surface area contributed by atoms with Crippen LogP contribution < -0.4 is 15.8 Å². The van der Waals surface area contributed by atoms with Crippen molar-refractivity contribution in [2.45, 2.75) is 0 Å². The minimum atomic E-state index is -0.338. The monoisotopic (exact) mass is 300 g/mol. The first-order valence-electron chi connectivity index (χ1n) is 5.98. The third kappa shape index (κ3) is 4.64. The minimum Gasteiger partial charge on any atom is -0.494 e. The van der Waals surface area contributed by atoms with Gasteiger partial charge in [0, 0.05) is 12.2 Å². The van der Waals surface area contributed by atoms with Crippen molar-refractivity contribution >= 4 is 24.0 Å². The number of hydrogen-bond donors (Lipinski definition) is 2. The van der Waals surface area contributed by atoms with Crippen LogP contribution in [0, 0.1) is 0 Å². The molecule has 3 N–H and O–H groups in total. The summed E-state index contributed by atoms with van der Waals surface area (Å²) in [5.41, 5.74) is 5.99. The molecule has 0 aliphatic carbocycles. The van der Waals surface area contributed by atoms with Gasteiger partial charge in [-0.2, -0.15) is 0 Å². The van der Waals surface area contributed by atoms with Crippen molar-refractivity contribution in [2.24, 2.45) is 5.73 Å². The molecule has 1 amide bonds. The molecule has 0 atom stereocenters. The molecule has 2 rings (SSSR count). The van der Waals surface area contributed by atoms with Crippen LogP contribution in [-0.2, 0) is 14.3 Å². The first-order chi connectivity index (χ1) is 9.29. The Morgan fingerprint density at radius 3 is 2.65 bits per heavy atom. The molecule has 0 saturated carbocycles. The van der Waals surface area contributed by atoms with E-state index in [0.29, 0.717) is 37.8 Å². The summed E-state index contributed by atoms with van der Waals surface area (Å²) in [5.74, 6) is 0.546. The van der Waals surface area contributed by atoms with E-state index >= 15 is 0 Å². The number of rotatable bonds is 5. The summed E-state index contributed by atoms with van der Waals surface area (Å²) < 4.78 is 15.5. The summed E-state index contributed by atoms with van der Waals surface area (Å²) in [5, 5.41) is 2.70. The minimum absolute atomic E-state index is 0. The molecule has 1 aliphatic rings. The molecule has 6 nitrogen and oxygen atoms in total. The molecule has 7 heteroatoms. The van der Waals surface area contributed by atoms with Crippen molar-refractivity contribution in [3.63, 3.8) is 0 Å². The van der Waals surface area contributed by atoms with Gasteiger partial charge in [-0.05, 0) is 24.3 Å². The third-order valence-electron chi connectivity index (χ3n) is 2.37. The van der Waals surface area contributed by atoms with E-state index in [2.05, 4.69) is 5.32 Å². The van der Waals surface area contributed by atoms with E-state index < -0.39 is 0 Å². The molecule has 20 heavy (non-hydrogen) atoms. The Kier molecular flexibility index (Phi) is 6.69. The molecular formula is C13H17ClN2O4. The average molecular weight is 301 g/mol. The maximum Gasteiger partial charge on any atom is 0.294 e. The number of amides is 1. The first-order valence-corrected chi connectivity index (χ1v) is 5.98. The average Bonchev–Trinajstić information content (AvgIpc) is 2.47. The topological polar surface area (TPSA) is 82.8 Å². The summed E-state index contributed by atoms with van der Waals surface area (Å²) in [6, 6.07) is 7.01. The Morgan fingerprint density at radius 2 is 2.05 bits per heavy atom. The maximum absolute atomic E-state index is 11.8. The Hall–Kier alpha value is -1.92. The summed E-state index contributed by atoms with van der Waals surface area (Å²) in [6.07, 6.45) is 1.32. The van der Waals surface area contributed by atoms with Crippen LogP contribution in [-0.4, -0.2) is 32.3 Å². The molecule has 0 saturated heterocycles. The number of nitrogens with one attached hydrogen (secondary N) is 1. The van der Waals surface area contributed by atoms with E-state index in [1.165, 1.54) is 6.26 Å². The van der Waals surface area contributed by atoms with Gasteiger partial charge in [0.1, 0.15) is 31.8 Å². The maximum atomic E-state index is 11.8. The molecule has 0 unspecified atom stereocenters. The molecule has 0 bridgehead atoms. The van der Waals surface area contributed by atoms with Crippen LogP contribution in [0.1, 0.15) is 0 Å². The summed E-state index contributed by atoms with van der Waals surface area (Å²) in [6.45, 7) is 1.77. The highest BCUT2D eigenvalue weighted by Gasteiger charge is 2.14. The van der Waals surface area contributed by atoms with Gasteiger partial charge in [0.2, 0.25) is 5.76 Å². The Balaban J connectivity index is 0.00000200. The Morgan fingerprint density at radius 1 is 1.30 bits per heavy atom. The summed E-state index contributed by atoms with van der Waals surface area (Å²) in [4.78, 5) is 11.8. The second-order valence-corrected chi connectivity index (χ2v) is 3.82. The normalized spacial score (nSPS) is 13.2. The van der Waals surface area contributed by atoms with Gasteiger partial charge in [-0.15, -0.1) is 12.4 Å². The third-order valence-corrected chi connectivity index (χ3v) is 2.37. The number of hydrogen-bond acceptors (Lipinski definition) is 5. The van der Waals surface area contributed by atoms with E-state index in [4.69, 9.17) is 19.9 Å². The fourth-order valence-corrected chi connectivity index (χ4v) is 1.49. The molecule has 0 radical (unpaired) electrons. The lowest BCUT2D eigenvalue weighted by Gasteiger charge is -2.15. The van der Waals surface area contributed by atoms with Gasteiger partial charge >= 0.3 is 0 Å². The SMILES string of the molecule is Cl.NCCOc1ccc(NC(=O)C2=COCCO2)cc1. The number of anilines is 1. The van der Waals surface area contributed by atoms with Crippen molar-refractivity contribution in [1.82, 2.24) is 0 Å². The highest BCUT2D eigenvalue weighted by Crippen LogP contribution is 2.16. The zero-order valence-corrected chi connectivity index (χ0v) is 11.7. The second-order valence-electron chi connectivity index (χ2n) is 3.82. The van der Waals surface area contributed by atoms with Crippen LogP contribution in [0.2, 0.25) is 0 Å². The number of benzene rings is 1. The fourth-order valence-electron chi connectivity index (χ4n) is 1.49. The molecule has 1 heterocycles. The van der Waals surface area contributed by atoms with E-state index in [1.807, 2.05) is 0 Å². The number of carbonyl (C=O) groups excluding carboxylic acids is 1. The van der Waals surface area contributed by atoms with Crippen molar-refractivity contribution in [3.8, 4) is 5.75 Å². The lowest BCUT2D eigenvalue weighted by atomic mass is 10.3. The van der Waals surface area contributed by atoms with Crippen molar-refractivity contribution in [3.05, 3.63) is 36.3 Å². The van der Waals surface area contributed by atoms with Gasteiger partial charge in [-0.3, -0.25) is 4.79 Å². The zero-order valence-electron chi connectivity index (χ0n) is 10.8. The lowest BCUT2D eigenvalue weighted by molar-refractivity contribution is -0.117. The largest absolute Gasteiger partial charge is 0.494 e. The molecule has 0 aromatic heterocycles. The number of ether oxygens (including phenoxy) is 3. The predicted octanol–water partition coefficient (Wildman–Crippen LogP) is 1.27. The van der Waals surface area contributed by atoms with Gasteiger partial charge in [-0.1, -0.05) is 0 Å². The van der Waals surface area contributed by atoms with E-state index in [-0.39, 0.29) is 24.1 Å². The Labute approximate surface area is 123 Å². The van der Waals surface area contributed by atoms with Gasteiger partial charge in [0.25, 0.3) is 5.91 Å². The predicted molar refractivity (Wildman–Crippen MR) is 76.9 cm³/mol. The van der Waals surface area contributed by atoms with Crippen LogP contribution in [0.15, 0.2) is 36.3 Å². The standard InChI is InChI=1S/C13H16N2O4.ClH/c14-5-6-18-11-3-1-10(2-4-11)15-13(16)12-9-17-7-8-19-12;/h1-4,9H,5-8,14H2,(H,15,16);1H. The number of carbonyl (C=O) groups is 1. The zero-order chi connectivity index (χ0) is 13.5. The first kappa shape index (κ1) is 16.1. The molecule has 0 spiro atoms. The van der Waals surface area contributed by atoms with E-state index in [9.17, 15) is 4.79 Å². The number of nitrogens with two attached hydrogens (primary N) is 1. The van der Waals surface area contributed by atoms with E-state index in [1.54, 1.807) is 24.3 Å². The van der Waals surface area contributed by atoms with Crippen molar-refractivity contribution in [2.75, 3.05) is 31.7 Å². The van der Waals surface area contributed by atoms with Crippen LogP contribution in [0.5, 0.6) is 5.75 Å². The highest BCUT2D eigenvalue weighted by atomic mass is 35.5. The lowest BCUT2D eigenvalue weighted by Crippen LogP contribution is -2.21. The fraction of sp³-hybridized carbons (Fsp3) is 0.308. The molecule has 1 aliphatic heterocycles. The van der Waals surface area contributed by atoms with Gasteiger partial charge in [0.05, 0.1) is 0 Å². The van der Waals surface area contributed by atoms with Crippen molar-refractivity contribution in [1.29, 1.82) is 0 Å². The Bertz CT molecular complexity index is 462. The van der Waals surface area contributed by atoms with Gasteiger partial charge in [0.15, 0.2) is 0 Å². The summed E-state index contributed by atoms with van der Waals surface area (Å²) >= 11 is 0. The van der Waals surface area contributed by atoms with Crippen LogP contribution in [0.4, 0.5) is 5.69 Å². The van der Waals surface area contributed by atoms with Crippen LogP contribution in [0.3, 0.4) is 0 Å². The molecule has 1 aromatic rings. The van der Waals surface area contributed by atoms with Crippen LogP contribution >= 0.6 is 12.4 Å². The second kappa shape index (κ2) is 8.29. The highest BCUT2D eigenvalue weighted by molar-refractivity contribution is 6.02. The number of halogens is 1.